The third-order valence-electron chi connectivity index (χ3n) is 14.0. The van der Waals surface area contributed by atoms with Crippen LogP contribution in [0.2, 0.25) is 0 Å². The molecule has 15 heteroatoms. The van der Waals surface area contributed by atoms with Gasteiger partial charge in [0.25, 0.3) is 5.97 Å². The summed E-state index contributed by atoms with van der Waals surface area (Å²) in [7, 11) is -10.3. The van der Waals surface area contributed by atoms with E-state index in [-0.39, 0.29) is 107 Å². The first-order valence-electron chi connectivity index (χ1n) is 17.6. The number of fused-ring (bicyclic) bond motifs is 10. The first-order chi connectivity index (χ1) is 21.3. The van der Waals surface area contributed by atoms with E-state index in [0.717, 1.165) is 51.4 Å². The summed E-state index contributed by atoms with van der Waals surface area (Å²) in [5.41, 5.74) is -0.960. The van der Waals surface area contributed by atoms with E-state index in [9.17, 15) is 25.9 Å². The number of ether oxygens (including phenoxy) is 3. The second-order valence-corrected chi connectivity index (χ2v) is 18.6. The summed E-state index contributed by atoms with van der Waals surface area (Å²) in [5.74, 6) is 1.09. The monoisotopic (exact) mass is 736 g/mol. The zero-order valence-electron chi connectivity index (χ0n) is 30.4. The Morgan fingerprint density at radius 3 is 2.08 bits per heavy atom. The van der Waals surface area contributed by atoms with Gasteiger partial charge >= 0.3 is 59.1 Å². The van der Waals surface area contributed by atoms with Gasteiger partial charge in [0.15, 0.2) is 0 Å². The molecule has 4 aliphatic carbocycles. The zero-order valence-corrected chi connectivity index (χ0v) is 36.1. The first-order valence-corrected chi connectivity index (χ1v) is 20.3. The fourth-order valence-electron chi connectivity index (χ4n) is 12.1. The van der Waals surface area contributed by atoms with Crippen molar-refractivity contribution in [3.05, 3.63) is 0 Å². The minimum absolute atomic E-state index is 0. The fourth-order valence-corrected chi connectivity index (χ4v) is 13.1. The molecule has 6 rings (SSSR count). The second kappa shape index (κ2) is 14.7. The largest absolute Gasteiger partial charge is 1.00 e. The Balaban J connectivity index is 0.00000260. The van der Waals surface area contributed by atoms with E-state index in [1.807, 2.05) is 0 Å². The van der Waals surface area contributed by atoms with Gasteiger partial charge in [0.2, 0.25) is 20.8 Å². The Labute approximate surface area is 332 Å². The molecule has 0 aromatic heterocycles. The van der Waals surface area contributed by atoms with Gasteiger partial charge in [-0.05, 0) is 111 Å². The normalized spacial score (nSPS) is 47.2. The smallest absolute Gasteiger partial charge is 0.726 e. The van der Waals surface area contributed by atoms with Crippen molar-refractivity contribution < 1.29 is 108 Å². The predicted octanol–water partition coefficient (Wildman–Crippen LogP) is -0.337. The van der Waals surface area contributed by atoms with E-state index < -0.39 is 50.0 Å². The minimum Gasteiger partial charge on any atom is -0.726 e. The molecule has 0 aromatic rings. The Kier molecular flexibility index (Phi) is 13.0. The summed E-state index contributed by atoms with van der Waals surface area (Å²) in [6.07, 6.45) is 5.63. The van der Waals surface area contributed by atoms with Crippen molar-refractivity contribution in [1.29, 1.82) is 0 Å². The van der Waals surface area contributed by atoms with Crippen molar-refractivity contribution in [2.45, 2.75) is 155 Å². The van der Waals surface area contributed by atoms with Crippen LogP contribution in [0.15, 0.2) is 0 Å². The Morgan fingerprint density at radius 1 is 0.854 bits per heavy atom. The van der Waals surface area contributed by atoms with Crippen molar-refractivity contribution in [3.63, 3.8) is 0 Å². The summed E-state index contributed by atoms with van der Waals surface area (Å²) in [6, 6.07) is 0. The summed E-state index contributed by atoms with van der Waals surface area (Å²) >= 11 is 0. The van der Waals surface area contributed by atoms with Crippen LogP contribution in [-0.4, -0.2) is 61.9 Å². The average molecular weight is 737 g/mol. The molecule has 2 heterocycles. The molecule has 0 spiro atoms. The van der Waals surface area contributed by atoms with Crippen LogP contribution in [0, 0.1) is 52.3 Å². The molecule has 0 N–H and O–H groups in total. The van der Waals surface area contributed by atoms with E-state index >= 15 is 0 Å². The van der Waals surface area contributed by atoms with E-state index in [4.69, 9.17) is 22.6 Å². The molecule has 0 amide bonds. The Hall–Kier alpha value is 1.62. The van der Waals surface area contributed by atoms with Gasteiger partial charge in [0.05, 0.1) is 12.2 Å². The van der Waals surface area contributed by atoms with Gasteiger partial charge in [-0.25, -0.2) is 16.8 Å². The van der Waals surface area contributed by atoms with Gasteiger partial charge in [-0.15, -0.1) is 0 Å². The Bertz CT molecular complexity index is 1380. The maximum absolute atomic E-state index is 11.7. The van der Waals surface area contributed by atoms with E-state index in [0.29, 0.717) is 30.1 Å². The standard InChI is InChI=1S/C33H56O11S2.2Na/c1-8-13-33-40-26-17-24-22-11-10-21-16-25(42-45(34,35)36)27(43-46(37,38)39)18-31(21,6)23(22)12-14-30(24,5)29(26)32(7,44-33)28(41-33)15-20(9-2)19(3)4;;/h19-29H,8-18H2,1-7H3,(H,34,35,36)(H,37,38,39);;/q;2*+1/p-2/t20?,21-,22?,23?,24-,25-,26-,27-,28?,29?,30-,31-,32-,33?;;/m0../s1. The van der Waals surface area contributed by atoms with Crippen molar-refractivity contribution >= 4 is 20.8 Å². The van der Waals surface area contributed by atoms with Gasteiger partial charge in [-0.1, -0.05) is 48.0 Å². The molecule has 11 nitrogen and oxygen atoms in total. The van der Waals surface area contributed by atoms with Gasteiger partial charge in [0, 0.05) is 12.3 Å². The topological polar surface area (TPSA) is 161 Å². The number of rotatable bonds is 10. The van der Waals surface area contributed by atoms with Crippen LogP contribution in [0.4, 0.5) is 0 Å². The predicted molar refractivity (Wildman–Crippen MR) is 165 cm³/mol. The molecule has 2 saturated heterocycles. The van der Waals surface area contributed by atoms with Crippen LogP contribution in [-0.2, 0) is 43.4 Å². The van der Waals surface area contributed by atoms with E-state index in [1.165, 1.54) is 0 Å². The van der Waals surface area contributed by atoms with Crippen molar-refractivity contribution in [3.8, 4) is 0 Å². The zero-order chi connectivity index (χ0) is 33.7. The average Bonchev–Trinajstić information content (AvgIpc) is 3.33. The summed E-state index contributed by atoms with van der Waals surface area (Å²) in [6.45, 7) is 15.8. The SMILES string of the molecule is CCCC12OC(CC(CC)C(C)C)[C@](C)(O1)C1[C@H](C[C@H]3C4CC[C@H]5C[C@H](OS(=O)(=O)[O-])[C@@H](OS(=O)(=O)[O-])C[C@]5(C)C4CC[C@]13C)O2.[Na+].[Na+]. The number of hydrogen-bond acceptors (Lipinski definition) is 11. The van der Waals surface area contributed by atoms with Crippen LogP contribution in [0.5, 0.6) is 0 Å². The molecule has 2 aliphatic heterocycles. The minimum atomic E-state index is -5.16. The van der Waals surface area contributed by atoms with E-state index in [2.05, 4.69) is 48.5 Å². The first kappa shape index (κ1) is 42.4. The molecule has 0 aromatic carbocycles. The molecule has 0 radical (unpaired) electrons. The van der Waals surface area contributed by atoms with Crippen LogP contribution >= 0.6 is 0 Å². The number of hydrogen-bond donors (Lipinski definition) is 0. The molecule has 2 bridgehead atoms. The van der Waals surface area contributed by atoms with E-state index in [1.54, 1.807) is 0 Å². The van der Waals surface area contributed by atoms with Gasteiger partial charge in [-0.3, -0.25) is 8.37 Å². The molecule has 48 heavy (non-hydrogen) atoms. The Morgan fingerprint density at radius 2 is 1.50 bits per heavy atom. The van der Waals surface area contributed by atoms with Gasteiger partial charge < -0.3 is 23.3 Å². The summed E-state index contributed by atoms with van der Waals surface area (Å²) in [5, 5.41) is 0. The molecular formula is C33H54Na2O11S2. The summed E-state index contributed by atoms with van der Waals surface area (Å²) < 4.78 is 100. The molecule has 6 fully saturated rings. The second-order valence-electron chi connectivity index (χ2n) is 16.6. The van der Waals surface area contributed by atoms with Crippen molar-refractivity contribution in [1.82, 2.24) is 0 Å². The molecule has 4 saturated carbocycles. The molecule has 6 aliphatic rings. The third kappa shape index (κ3) is 7.48. The quantitative estimate of drug-likeness (QED) is 0.164. The fraction of sp³-hybridized carbons (Fsp3) is 1.00. The van der Waals surface area contributed by atoms with Crippen LogP contribution in [0.1, 0.15) is 119 Å². The molecule has 14 atom stereocenters. The van der Waals surface area contributed by atoms with Crippen LogP contribution in [0.25, 0.3) is 0 Å². The molecule has 6 unspecified atom stereocenters. The summed E-state index contributed by atoms with van der Waals surface area (Å²) in [4.78, 5) is 0. The van der Waals surface area contributed by atoms with Gasteiger partial charge in [0.1, 0.15) is 17.8 Å². The van der Waals surface area contributed by atoms with Crippen LogP contribution in [0.3, 0.4) is 0 Å². The van der Waals surface area contributed by atoms with Crippen LogP contribution < -0.4 is 59.1 Å². The van der Waals surface area contributed by atoms with Gasteiger partial charge in [-0.2, -0.15) is 0 Å². The molecule has 266 valence electrons. The maximum Gasteiger partial charge on any atom is 1.00 e. The third-order valence-corrected chi connectivity index (χ3v) is 14.9. The maximum atomic E-state index is 11.7. The van der Waals surface area contributed by atoms with Crippen molar-refractivity contribution in [2.75, 3.05) is 0 Å². The van der Waals surface area contributed by atoms with Crippen molar-refractivity contribution in [2.24, 2.45) is 52.3 Å². The molecular weight excluding hydrogens is 682 g/mol.